The Balaban J connectivity index is 1.93. The molecule has 20 heavy (non-hydrogen) atoms. The minimum Gasteiger partial charge on any atom is -0.376 e. The zero-order chi connectivity index (χ0) is 14.3. The Morgan fingerprint density at radius 3 is 2.75 bits per heavy atom. The van der Waals surface area contributed by atoms with Gasteiger partial charge in [0, 0.05) is 6.61 Å². The van der Waals surface area contributed by atoms with Gasteiger partial charge in [0.2, 0.25) is 0 Å². The van der Waals surface area contributed by atoms with Crippen LogP contribution in [0.5, 0.6) is 0 Å². The summed E-state index contributed by atoms with van der Waals surface area (Å²) in [7, 11) is 0. The maximum atomic E-state index is 12.2. The van der Waals surface area contributed by atoms with Crippen molar-refractivity contribution in [2.45, 2.75) is 39.2 Å². The average molecular weight is 273 g/mol. The highest BCUT2D eigenvalue weighted by Gasteiger charge is 2.38. The quantitative estimate of drug-likeness (QED) is 0.777. The molecule has 1 amide bonds. The molecule has 3 rings (SSSR count). The van der Waals surface area contributed by atoms with Gasteiger partial charge in [0.05, 0.1) is 23.9 Å². The molecule has 0 N–H and O–H groups in total. The Labute approximate surface area is 118 Å². The third-order valence-electron chi connectivity index (χ3n) is 4.08. The third kappa shape index (κ3) is 2.14. The van der Waals surface area contributed by atoms with E-state index in [0.29, 0.717) is 12.1 Å². The van der Waals surface area contributed by atoms with Crippen LogP contribution in [0.25, 0.3) is 0 Å². The molecule has 2 aliphatic heterocycles. The largest absolute Gasteiger partial charge is 0.376 e. The molecule has 0 aromatic heterocycles. The van der Waals surface area contributed by atoms with E-state index in [2.05, 4.69) is 0 Å². The fourth-order valence-corrected chi connectivity index (χ4v) is 3.13. The highest BCUT2D eigenvalue weighted by molar-refractivity contribution is 6.52. The second-order valence-electron chi connectivity index (χ2n) is 5.71. The zero-order valence-electron chi connectivity index (χ0n) is 11.9. The number of anilines is 1. The predicted octanol–water partition coefficient (Wildman–Crippen LogP) is 2.40. The molecule has 0 radical (unpaired) electrons. The summed E-state index contributed by atoms with van der Waals surface area (Å²) in [6.45, 7) is 5.11. The number of hydrogen-bond acceptors (Lipinski definition) is 3. The van der Waals surface area contributed by atoms with Gasteiger partial charge in [0.15, 0.2) is 0 Å². The van der Waals surface area contributed by atoms with Crippen molar-refractivity contribution >= 4 is 17.4 Å². The molecule has 1 aromatic rings. The highest BCUT2D eigenvalue weighted by atomic mass is 16.5. The summed E-state index contributed by atoms with van der Waals surface area (Å²) in [6.07, 6.45) is 3.21. The maximum absolute atomic E-state index is 12.2. The molecular weight excluding hydrogens is 254 g/mol. The summed E-state index contributed by atoms with van der Waals surface area (Å²) in [5, 5.41) is 0. The molecule has 2 aliphatic rings. The van der Waals surface area contributed by atoms with Gasteiger partial charge < -0.3 is 9.64 Å². The number of hydrogen-bond donors (Lipinski definition) is 0. The van der Waals surface area contributed by atoms with Crippen LogP contribution in [-0.4, -0.2) is 30.9 Å². The van der Waals surface area contributed by atoms with Crippen molar-refractivity contribution in [3.8, 4) is 0 Å². The lowest BCUT2D eigenvalue weighted by molar-refractivity contribution is -0.114. The third-order valence-corrected chi connectivity index (χ3v) is 4.08. The van der Waals surface area contributed by atoms with Crippen LogP contribution in [0.1, 0.15) is 40.7 Å². The van der Waals surface area contributed by atoms with Crippen molar-refractivity contribution < 1.29 is 14.3 Å². The Kier molecular flexibility index (Phi) is 3.34. The first kappa shape index (κ1) is 13.3. The number of amides is 1. The summed E-state index contributed by atoms with van der Waals surface area (Å²) in [4.78, 5) is 26.0. The molecule has 0 spiro atoms. The van der Waals surface area contributed by atoms with Gasteiger partial charge in [-0.2, -0.15) is 0 Å². The van der Waals surface area contributed by atoms with Gasteiger partial charge in [-0.25, -0.2) is 0 Å². The molecule has 1 aromatic carbocycles. The lowest BCUT2D eigenvalue weighted by atomic mass is 10.0. The first-order valence-electron chi connectivity index (χ1n) is 7.17. The Morgan fingerprint density at radius 1 is 1.25 bits per heavy atom. The number of Topliss-reactive ketones (excluding diaryl/α,β-unsaturated/α-hetero) is 1. The molecule has 4 heteroatoms. The molecule has 1 atom stereocenters. The summed E-state index contributed by atoms with van der Waals surface area (Å²) in [6, 6.07) is 3.87. The number of fused-ring (bicyclic) bond motifs is 1. The van der Waals surface area contributed by atoms with Crippen LogP contribution < -0.4 is 4.90 Å². The van der Waals surface area contributed by atoms with Crippen molar-refractivity contribution in [2.24, 2.45) is 0 Å². The van der Waals surface area contributed by atoms with Crippen LogP contribution in [0.15, 0.2) is 12.1 Å². The van der Waals surface area contributed by atoms with Crippen molar-refractivity contribution in [3.05, 3.63) is 28.8 Å². The van der Waals surface area contributed by atoms with Crippen LogP contribution in [0.4, 0.5) is 5.69 Å². The first-order valence-corrected chi connectivity index (χ1v) is 7.17. The first-order chi connectivity index (χ1) is 9.58. The van der Waals surface area contributed by atoms with Crippen LogP contribution >= 0.6 is 0 Å². The Morgan fingerprint density at radius 2 is 2.05 bits per heavy atom. The van der Waals surface area contributed by atoms with E-state index in [-0.39, 0.29) is 11.9 Å². The number of nitrogens with zero attached hydrogens (tertiary/aromatic N) is 1. The van der Waals surface area contributed by atoms with Crippen LogP contribution in [-0.2, 0) is 9.53 Å². The second-order valence-corrected chi connectivity index (χ2v) is 5.71. The number of ketones is 1. The van der Waals surface area contributed by atoms with Gasteiger partial charge in [-0.15, -0.1) is 0 Å². The number of carbonyl (C=O) groups excluding carboxylic acids is 2. The number of aryl methyl sites for hydroxylation is 2. The van der Waals surface area contributed by atoms with Gasteiger partial charge in [-0.1, -0.05) is 6.07 Å². The van der Waals surface area contributed by atoms with Gasteiger partial charge in [-0.3, -0.25) is 9.59 Å². The fourth-order valence-electron chi connectivity index (χ4n) is 3.13. The molecule has 0 saturated carbocycles. The molecular formula is C16H19NO3. The van der Waals surface area contributed by atoms with Crippen molar-refractivity contribution in [2.75, 3.05) is 18.1 Å². The summed E-state index contributed by atoms with van der Waals surface area (Å²) in [5.41, 5.74) is 3.27. The number of rotatable bonds is 2. The van der Waals surface area contributed by atoms with E-state index in [9.17, 15) is 9.59 Å². The highest BCUT2D eigenvalue weighted by Crippen LogP contribution is 2.33. The molecule has 0 aliphatic carbocycles. The van der Waals surface area contributed by atoms with E-state index in [4.69, 9.17) is 4.74 Å². The molecule has 2 heterocycles. The second kappa shape index (κ2) is 5.02. The Hall–Kier alpha value is -1.68. The van der Waals surface area contributed by atoms with E-state index in [1.54, 1.807) is 4.90 Å². The van der Waals surface area contributed by atoms with Gasteiger partial charge >= 0.3 is 0 Å². The summed E-state index contributed by atoms with van der Waals surface area (Å²) >= 11 is 0. The van der Waals surface area contributed by atoms with Gasteiger partial charge in [0.25, 0.3) is 11.7 Å². The van der Waals surface area contributed by atoms with Gasteiger partial charge in [0.1, 0.15) is 0 Å². The smallest absolute Gasteiger partial charge is 0.299 e. The maximum Gasteiger partial charge on any atom is 0.299 e. The lowest BCUT2D eigenvalue weighted by Crippen LogP contribution is -2.39. The average Bonchev–Trinajstić information content (AvgIpc) is 2.65. The minimum atomic E-state index is -0.414. The number of carbonyl (C=O) groups is 2. The number of benzene rings is 1. The van der Waals surface area contributed by atoms with Crippen LogP contribution in [0.3, 0.4) is 0 Å². The van der Waals surface area contributed by atoms with Crippen molar-refractivity contribution in [1.29, 1.82) is 0 Å². The van der Waals surface area contributed by atoms with E-state index in [1.807, 2.05) is 26.0 Å². The Bertz CT molecular complexity index is 573. The lowest BCUT2D eigenvalue weighted by Gasteiger charge is -2.27. The van der Waals surface area contributed by atoms with E-state index < -0.39 is 5.91 Å². The number of ether oxygens (including phenoxy) is 1. The molecule has 1 fully saturated rings. The SMILES string of the molecule is Cc1cc(C)c2c(c1)N(CC1CCCCO1)C(=O)C2=O. The van der Waals surface area contributed by atoms with E-state index in [1.165, 1.54) is 0 Å². The molecule has 4 nitrogen and oxygen atoms in total. The molecule has 1 unspecified atom stereocenters. The van der Waals surface area contributed by atoms with E-state index >= 15 is 0 Å². The molecule has 106 valence electrons. The molecule has 1 saturated heterocycles. The monoisotopic (exact) mass is 273 g/mol. The zero-order valence-corrected chi connectivity index (χ0v) is 11.9. The predicted molar refractivity (Wildman–Crippen MR) is 76.2 cm³/mol. The normalized spacial score (nSPS) is 22.3. The van der Waals surface area contributed by atoms with Crippen molar-refractivity contribution in [3.63, 3.8) is 0 Å². The molecule has 0 bridgehead atoms. The standard InChI is InChI=1S/C16H19NO3/c1-10-7-11(2)14-13(8-10)17(16(19)15(14)18)9-12-5-3-4-6-20-12/h7-8,12H,3-6,9H2,1-2H3. The van der Waals surface area contributed by atoms with Crippen LogP contribution in [0, 0.1) is 13.8 Å². The summed E-state index contributed by atoms with van der Waals surface area (Å²) < 4.78 is 5.69. The van der Waals surface area contributed by atoms with E-state index in [0.717, 1.165) is 42.7 Å². The van der Waals surface area contributed by atoms with Crippen molar-refractivity contribution in [1.82, 2.24) is 0 Å². The van der Waals surface area contributed by atoms with Gasteiger partial charge in [-0.05, 0) is 50.3 Å². The van der Waals surface area contributed by atoms with Crippen LogP contribution in [0.2, 0.25) is 0 Å². The summed E-state index contributed by atoms with van der Waals surface area (Å²) in [5.74, 6) is -0.795. The minimum absolute atomic E-state index is 0.0484. The fraction of sp³-hybridized carbons (Fsp3) is 0.500. The topological polar surface area (TPSA) is 46.6 Å².